The zero-order valence-corrected chi connectivity index (χ0v) is 17.3. The summed E-state index contributed by atoms with van der Waals surface area (Å²) >= 11 is 0. The number of rotatable bonds is 10. The first-order valence-electron chi connectivity index (χ1n) is 9.61. The van der Waals surface area contributed by atoms with Crippen LogP contribution in [0.2, 0.25) is 0 Å². The van der Waals surface area contributed by atoms with E-state index in [2.05, 4.69) is 0 Å². The van der Waals surface area contributed by atoms with Gasteiger partial charge in [0.05, 0.1) is 23.9 Å². The van der Waals surface area contributed by atoms with Gasteiger partial charge in [-0.1, -0.05) is 24.3 Å². The quantitative estimate of drug-likeness (QED) is 0.337. The number of carbonyl (C=O) groups excluding carboxylic acids is 4. The van der Waals surface area contributed by atoms with Crippen LogP contribution in [0.15, 0.2) is 60.7 Å². The highest BCUT2D eigenvalue weighted by molar-refractivity contribution is 5.93. The minimum absolute atomic E-state index is 0.00448. The fraction of sp³-hybridized carbons (Fsp3) is 0.0833. The minimum Gasteiger partial charge on any atom is -0.545 e. The van der Waals surface area contributed by atoms with E-state index in [1.807, 2.05) is 0 Å². The molecule has 0 atom stereocenters. The number of benzene rings is 3. The summed E-state index contributed by atoms with van der Waals surface area (Å²) in [6.07, 6.45) is 0. The van der Waals surface area contributed by atoms with Gasteiger partial charge in [0, 0.05) is 22.3 Å². The number of hydrogen-bond donors (Lipinski definition) is 0. The fourth-order valence-corrected chi connectivity index (χ4v) is 2.90. The van der Waals surface area contributed by atoms with Gasteiger partial charge in [-0.25, -0.2) is 0 Å². The van der Waals surface area contributed by atoms with Crippen molar-refractivity contribution in [3.63, 3.8) is 0 Å². The monoisotopic (exact) mass is 462 g/mol. The van der Waals surface area contributed by atoms with E-state index in [4.69, 9.17) is 9.47 Å². The van der Waals surface area contributed by atoms with Crippen molar-refractivity contribution in [3.8, 4) is 11.5 Å². The Balaban J connectivity index is 1.65. The highest BCUT2D eigenvalue weighted by Crippen LogP contribution is 2.20. The van der Waals surface area contributed by atoms with Crippen LogP contribution < -0.4 is 29.9 Å². The second-order valence-electron chi connectivity index (χ2n) is 7.04. The molecule has 0 aromatic heterocycles. The Morgan fingerprint density at radius 2 is 0.765 bits per heavy atom. The molecular weight excluding hydrogens is 448 g/mol. The zero-order valence-electron chi connectivity index (χ0n) is 17.3. The first kappa shape index (κ1) is 23.8. The van der Waals surface area contributed by atoms with Gasteiger partial charge in [0.15, 0.2) is 0 Å². The van der Waals surface area contributed by atoms with Crippen LogP contribution in [-0.4, -0.2) is 23.9 Å². The Kier molecular flexibility index (Phi) is 7.12. The van der Waals surface area contributed by atoms with Crippen LogP contribution in [0.5, 0.6) is 11.5 Å². The Labute approximate surface area is 192 Å². The summed E-state index contributed by atoms with van der Waals surface area (Å²) in [5.41, 5.74) is -0.142. The molecule has 10 nitrogen and oxygen atoms in total. The Morgan fingerprint density at radius 1 is 0.500 bits per heavy atom. The van der Waals surface area contributed by atoms with E-state index in [0.717, 1.165) is 36.4 Å². The van der Waals surface area contributed by atoms with E-state index in [1.54, 1.807) is 24.3 Å². The first-order valence-corrected chi connectivity index (χ1v) is 9.61. The summed E-state index contributed by atoms with van der Waals surface area (Å²) in [5.74, 6) is -6.23. The summed E-state index contributed by atoms with van der Waals surface area (Å²) in [6.45, 7) is -0.0144. The molecule has 0 aliphatic carbocycles. The van der Waals surface area contributed by atoms with E-state index < -0.39 is 23.9 Å². The van der Waals surface area contributed by atoms with Gasteiger partial charge >= 0.3 is 0 Å². The number of carbonyl (C=O) groups is 4. The maximum atomic E-state index is 11.1. The summed E-state index contributed by atoms with van der Waals surface area (Å²) in [4.78, 5) is 44.2. The maximum Gasteiger partial charge on any atom is 0.121 e. The zero-order chi connectivity index (χ0) is 24.8. The van der Waals surface area contributed by atoms with Gasteiger partial charge in [0.1, 0.15) is 24.7 Å². The number of hydrogen-bond acceptors (Lipinski definition) is 10. The summed E-state index contributed by atoms with van der Waals surface area (Å²) < 4.78 is 11.0. The van der Waals surface area contributed by atoms with Crippen molar-refractivity contribution in [1.82, 2.24) is 0 Å². The van der Waals surface area contributed by atoms with Crippen LogP contribution in [0.25, 0.3) is 0 Å². The van der Waals surface area contributed by atoms with Crippen molar-refractivity contribution in [2.45, 2.75) is 13.2 Å². The minimum atomic E-state index is -1.56. The SMILES string of the molecule is O=C([O-])c1cc(OCc2ccc(COc3cc(C(=O)[O-])cc(C(=O)[O-])c3)cc2)cc(C(=O)[O-])c1. The van der Waals surface area contributed by atoms with Crippen molar-refractivity contribution >= 4 is 23.9 Å². The van der Waals surface area contributed by atoms with Gasteiger partial charge in [-0.05, 0) is 47.5 Å². The summed E-state index contributed by atoms with van der Waals surface area (Å²) in [6, 6.07) is 13.0. The maximum absolute atomic E-state index is 11.1. The average molecular weight is 462 g/mol. The highest BCUT2D eigenvalue weighted by Gasteiger charge is 2.07. The van der Waals surface area contributed by atoms with Gasteiger partial charge in [-0.2, -0.15) is 0 Å². The molecule has 0 N–H and O–H groups in total. The molecule has 10 heteroatoms. The predicted octanol–water partition coefficient (Wildman–Crippen LogP) is -1.70. The molecule has 0 heterocycles. The van der Waals surface area contributed by atoms with E-state index >= 15 is 0 Å². The lowest BCUT2D eigenvalue weighted by Crippen LogP contribution is -2.25. The third-order valence-electron chi connectivity index (χ3n) is 4.59. The third-order valence-corrected chi connectivity index (χ3v) is 4.59. The largest absolute Gasteiger partial charge is 0.545 e. The van der Waals surface area contributed by atoms with Crippen LogP contribution in [0.1, 0.15) is 52.6 Å². The number of ether oxygens (including phenoxy) is 2. The molecule has 0 spiro atoms. The number of carboxylic acid groups (broad SMARTS) is 4. The summed E-state index contributed by atoms with van der Waals surface area (Å²) in [7, 11) is 0. The van der Waals surface area contributed by atoms with Crippen molar-refractivity contribution in [2.75, 3.05) is 0 Å². The summed E-state index contributed by atoms with van der Waals surface area (Å²) in [5, 5.41) is 44.2. The van der Waals surface area contributed by atoms with E-state index in [0.29, 0.717) is 11.1 Å². The smallest absolute Gasteiger partial charge is 0.121 e. The van der Waals surface area contributed by atoms with Crippen molar-refractivity contribution < 1.29 is 49.1 Å². The molecule has 0 aliphatic rings. The highest BCUT2D eigenvalue weighted by atomic mass is 16.5. The first-order chi connectivity index (χ1) is 16.1. The molecule has 3 aromatic carbocycles. The van der Waals surface area contributed by atoms with Crippen LogP contribution in [0.3, 0.4) is 0 Å². The molecule has 0 unspecified atom stereocenters. The molecule has 0 bridgehead atoms. The van der Waals surface area contributed by atoms with Gasteiger partial charge < -0.3 is 49.1 Å². The standard InChI is InChI=1S/C24H18O10/c25-21(26)15-5-16(22(27)28)8-19(7-15)33-11-13-1-2-14(4-3-13)12-34-20-9-17(23(29)30)6-18(10-20)24(31)32/h1-10H,11-12H2,(H,25,26)(H,27,28)(H,29,30)(H,31,32)/p-4. The van der Waals surface area contributed by atoms with Crippen LogP contribution in [0, 0.1) is 0 Å². The lowest BCUT2D eigenvalue weighted by molar-refractivity contribution is -0.257. The molecule has 3 rings (SSSR count). The molecule has 3 aromatic rings. The molecule has 0 saturated heterocycles. The second kappa shape index (κ2) is 10.2. The number of aromatic carboxylic acids is 4. The third kappa shape index (κ3) is 6.10. The van der Waals surface area contributed by atoms with Crippen molar-refractivity contribution in [3.05, 3.63) is 94.0 Å². The normalized spacial score (nSPS) is 10.4. The molecule has 0 fully saturated rings. The molecule has 0 saturated carbocycles. The fourth-order valence-electron chi connectivity index (χ4n) is 2.90. The molecule has 34 heavy (non-hydrogen) atoms. The molecule has 0 amide bonds. The molecule has 174 valence electrons. The second-order valence-corrected chi connectivity index (χ2v) is 7.04. The van der Waals surface area contributed by atoms with E-state index in [-0.39, 0.29) is 47.0 Å². The molecule has 0 aliphatic heterocycles. The number of carboxylic acids is 4. The van der Waals surface area contributed by atoms with Crippen LogP contribution >= 0.6 is 0 Å². The topological polar surface area (TPSA) is 179 Å². The van der Waals surface area contributed by atoms with Gasteiger partial charge in [-0.15, -0.1) is 0 Å². The van der Waals surface area contributed by atoms with E-state index in [9.17, 15) is 39.6 Å². The van der Waals surface area contributed by atoms with Gasteiger partial charge in [-0.3, -0.25) is 0 Å². The Hall–Kier alpha value is -4.86. The lowest BCUT2D eigenvalue weighted by Gasteiger charge is -2.13. The molecular formula is C24H14O10-4. The van der Waals surface area contributed by atoms with Crippen molar-refractivity contribution in [1.29, 1.82) is 0 Å². The van der Waals surface area contributed by atoms with E-state index in [1.165, 1.54) is 0 Å². The van der Waals surface area contributed by atoms with Crippen LogP contribution in [-0.2, 0) is 13.2 Å². The lowest BCUT2D eigenvalue weighted by atomic mass is 10.1. The van der Waals surface area contributed by atoms with Gasteiger partial charge in [0.2, 0.25) is 0 Å². The molecule has 0 radical (unpaired) electrons. The van der Waals surface area contributed by atoms with Gasteiger partial charge in [0.25, 0.3) is 0 Å². The average Bonchev–Trinajstić information content (AvgIpc) is 2.81. The van der Waals surface area contributed by atoms with Crippen molar-refractivity contribution in [2.24, 2.45) is 0 Å². The van der Waals surface area contributed by atoms with Crippen LogP contribution in [0.4, 0.5) is 0 Å². The Morgan fingerprint density at radius 3 is 1.00 bits per heavy atom. The predicted molar refractivity (Wildman–Crippen MR) is 105 cm³/mol. The Bertz CT molecular complexity index is 1100.